The normalized spacial score (nSPS) is 13.0. The lowest BCUT2D eigenvalue weighted by atomic mass is 10.3. The second kappa shape index (κ2) is 11.7. The molecule has 0 bridgehead atoms. The highest BCUT2D eigenvalue weighted by atomic mass is 35.5. The maximum atomic E-state index is 11.4. The van der Waals surface area contributed by atoms with E-state index in [9.17, 15) is 8.42 Å². The lowest BCUT2D eigenvalue weighted by molar-refractivity contribution is -0.890. The zero-order chi connectivity index (χ0) is 17.3. The summed E-state index contributed by atoms with van der Waals surface area (Å²) < 4.78 is 42.4. The molecule has 142 valence electrons. The van der Waals surface area contributed by atoms with Gasteiger partial charge in [0, 0.05) is 46.8 Å². The number of quaternary nitrogens is 1. The Bertz CT molecular complexity index is 397. The average molecular weight is 393 g/mol. The number of hydrogen-bond acceptors (Lipinski definition) is 5. The molecule has 23 heavy (non-hydrogen) atoms. The summed E-state index contributed by atoms with van der Waals surface area (Å²) in [5, 5.41) is 0. The van der Waals surface area contributed by atoms with Gasteiger partial charge in [0.05, 0.1) is 32.9 Å². The molecule has 0 saturated carbocycles. The van der Waals surface area contributed by atoms with Crippen LogP contribution in [0.2, 0.25) is 6.04 Å². The Hall–Kier alpha value is 0.257. The number of nitrogens with one attached hydrogen (secondary N) is 1. The third-order valence-electron chi connectivity index (χ3n) is 3.82. The first-order chi connectivity index (χ1) is 10.2. The van der Waals surface area contributed by atoms with Gasteiger partial charge >= 0.3 is 8.80 Å². The van der Waals surface area contributed by atoms with Crippen LogP contribution < -0.4 is 17.1 Å². The fourth-order valence-electron chi connectivity index (χ4n) is 2.23. The zero-order valence-corrected chi connectivity index (χ0v) is 17.8. The first-order valence-corrected chi connectivity index (χ1v) is 11.2. The minimum Gasteiger partial charge on any atom is -1.00 e. The number of halogens is 1. The first-order valence-electron chi connectivity index (χ1n) is 7.60. The molecule has 0 spiro atoms. The van der Waals surface area contributed by atoms with Crippen LogP contribution in [0.1, 0.15) is 19.8 Å². The monoisotopic (exact) mass is 392 g/mol. The summed E-state index contributed by atoms with van der Waals surface area (Å²) in [6, 6.07) is 0.778. The largest absolute Gasteiger partial charge is 1.00 e. The van der Waals surface area contributed by atoms with Gasteiger partial charge in [-0.1, -0.05) is 0 Å². The number of sulfonamides is 1. The quantitative estimate of drug-likeness (QED) is 0.216. The van der Waals surface area contributed by atoms with Crippen LogP contribution in [0.5, 0.6) is 0 Å². The van der Waals surface area contributed by atoms with Crippen molar-refractivity contribution in [2.75, 3.05) is 60.8 Å². The summed E-state index contributed by atoms with van der Waals surface area (Å²) in [5.74, 6) is 0.128. The molecule has 0 fully saturated rings. The average Bonchev–Trinajstić information content (AvgIpc) is 2.49. The predicted octanol–water partition coefficient (Wildman–Crippen LogP) is -2.34. The predicted molar refractivity (Wildman–Crippen MR) is 90.1 cm³/mol. The van der Waals surface area contributed by atoms with Gasteiger partial charge in [0.25, 0.3) is 0 Å². The van der Waals surface area contributed by atoms with E-state index < -0.39 is 18.8 Å². The smallest absolute Gasteiger partial charge is 0.500 e. The Morgan fingerprint density at radius 1 is 1.00 bits per heavy atom. The van der Waals surface area contributed by atoms with E-state index in [4.69, 9.17) is 13.3 Å². The molecule has 0 rings (SSSR count). The van der Waals surface area contributed by atoms with Crippen molar-refractivity contribution in [1.29, 1.82) is 0 Å². The van der Waals surface area contributed by atoms with Crippen LogP contribution in [-0.4, -0.2) is 82.5 Å². The van der Waals surface area contributed by atoms with E-state index in [1.165, 1.54) is 0 Å². The first kappa shape index (κ1) is 25.5. The third-order valence-corrected chi connectivity index (χ3v) is 8.06. The van der Waals surface area contributed by atoms with Gasteiger partial charge in [-0.05, 0) is 6.92 Å². The zero-order valence-electron chi connectivity index (χ0n) is 15.2. The number of hydrogen-bond donors (Lipinski definition) is 1. The van der Waals surface area contributed by atoms with E-state index in [1.807, 2.05) is 0 Å². The second-order valence-electron chi connectivity index (χ2n) is 5.93. The lowest BCUT2D eigenvalue weighted by Gasteiger charge is -2.31. The number of rotatable bonds is 13. The Kier molecular flexibility index (Phi) is 13.0. The molecule has 7 nitrogen and oxygen atoms in total. The molecule has 0 aromatic heterocycles. The minimum atomic E-state index is -3.08. The summed E-state index contributed by atoms with van der Waals surface area (Å²) >= 11 is 0. The van der Waals surface area contributed by atoms with Crippen molar-refractivity contribution in [2.45, 2.75) is 25.8 Å². The molecule has 0 aromatic carbocycles. The molecule has 0 atom stereocenters. The molecular formula is C13H33ClN2O5SSi. The SMILES string of the molecule is CCS(=O)(=O)NCCC[N+](C)(C)CCC[Si](OC)(OC)OC.[Cl-]. The lowest BCUT2D eigenvalue weighted by Crippen LogP contribution is -3.00. The molecule has 1 N–H and O–H groups in total. The molecular weight excluding hydrogens is 360 g/mol. The van der Waals surface area contributed by atoms with Gasteiger partial charge in [0.15, 0.2) is 0 Å². The molecule has 10 heteroatoms. The van der Waals surface area contributed by atoms with Gasteiger partial charge < -0.3 is 30.2 Å². The maximum Gasteiger partial charge on any atom is 0.500 e. The maximum absolute atomic E-state index is 11.4. The van der Waals surface area contributed by atoms with Gasteiger partial charge in [-0.25, -0.2) is 13.1 Å². The molecule has 0 saturated heterocycles. The standard InChI is InChI=1S/C13H33N2O5SSi.ClH/c1-7-21(16,17)14-10-8-11-15(2,3)12-9-13-22(18-4,19-5)20-6;/h14H,7-13H2,1-6H3;1H/q+1;/p-1. The van der Waals surface area contributed by atoms with Crippen LogP contribution in [0.4, 0.5) is 0 Å². The number of nitrogens with zero attached hydrogens (tertiary/aromatic N) is 1. The summed E-state index contributed by atoms with van der Waals surface area (Å²) in [7, 11) is 3.59. The van der Waals surface area contributed by atoms with Gasteiger partial charge in [0.1, 0.15) is 0 Å². The summed E-state index contributed by atoms with van der Waals surface area (Å²) in [4.78, 5) is 0. The van der Waals surface area contributed by atoms with Crippen LogP contribution in [0, 0.1) is 0 Å². The summed E-state index contributed by atoms with van der Waals surface area (Å²) in [6.45, 7) is 4.00. The Morgan fingerprint density at radius 3 is 1.91 bits per heavy atom. The van der Waals surface area contributed by atoms with Gasteiger partial charge in [-0.15, -0.1) is 0 Å². The third kappa shape index (κ3) is 10.7. The van der Waals surface area contributed by atoms with Gasteiger partial charge in [-0.3, -0.25) is 0 Å². The summed E-state index contributed by atoms with van der Waals surface area (Å²) in [5.41, 5.74) is 0. The van der Waals surface area contributed by atoms with Crippen molar-refractivity contribution in [2.24, 2.45) is 0 Å². The fourth-order valence-corrected chi connectivity index (χ4v) is 4.59. The Balaban J connectivity index is 0. The molecule has 0 aliphatic rings. The Morgan fingerprint density at radius 2 is 1.48 bits per heavy atom. The van der Waals surface area contributed by atoms with E-state index in [1.54, 1.807) is 28.3 Å². The van der Waals surface area contributed by atoms with Crippen LogP contribution in [0.25, 0.3) is 0 Å². The van der Waals surface area contributed by atoms with E-state index in [0.717, 1.165) is 36.5 Å². The molecule has 0 aliphatic heterocycles. The van der Waals surface area contributed by atoms with Crippen LogP contribution >= 0.6 is 0 Å². The van der Waals surface area contributed by atoms with Crippen LogP contribution in [0.15, 0.2) is 0 Å². The van der Waals surface area contributed by atoms with E-state index in [-0.39, 0.29) is 18.2 Å². The van der Waals surface area contributed by atoms with Crippen LogP contribution in [-0.2, 0) is 23.3 Å². The van der Waals surface area contributed by atoms with E-state index in [2.05, 4.69) is 18.8 Å². The van der Waals surface area contributed by atoms with Crippen molar-refractivity contribution in [1.82, 2.24) is 4.72 Å². The molecule has 0 amide bonds. The van der Waals surface area contributed by atoms with Crippen LogP contribution in [0.3, 0.4) is 0 Å². The Labute approximate surface area is 149 Å². The second-order valence-corrected chi connectivity index (χ2v) is 11.1. The highest BCUT2D eigenvalue weighted by Crippen LogP contribution is 2.16. The molecule has 0 heterocycles. The molecule has 0 radical (unpaired) electrons. The molecule has 0 aromatic rings. The van der Waals surface area contributed by atoms with E-state index >= 15 is 0 Å². The van der Waals surface area contributed by atoms with Crippen molar-refractivity contribution < 1.29 is 38.6 Å². The van der Waals surface area contributed by atoms with Crippen molar-refractivity contribution in [3.8, 4) is 0 Å². The van der Waals surface area contributed by atoms with Gasteiger partial charge in [-0.2, -0.15) is 0 Å². The highest BCUT2D eigenvalue weighted by Gasteiger charge is 2.37. The highest BCUT2D eigenvalue weighted by molar-refractivity contribution is 7.89. The molecule has 0 aliphatic carbocycles. The van der Waals surface area contributed by atoms with Gasteiger partial charge in [0.2, 0.25) is 10.0 Å². The van der Waals surface area contributed by atoms with Crippen molar-refractivity contribution in [3.05, 3.63) is 0 Å². The van der Waals surface area contributed by atoms with E-state index in [0.29, 0.717) is 6.54 Å². The molecule has 0 unspecified atom stereocenters. The fraction of sp³-hybridized carbons (Fsp3) is 1.00. The minimum absolute atomic E-state index is 0. The topological polar surface area (TPSA) is 73.9 Å². The van der Waals surface area contributed by atoms with Crippen molar-refractivity contribution >= 4 is 18.8 Å². The summed E-state index contributed by atoms with van der Waals surface area (Å²) in [6.07, 6.45) is 1.75. The van der Waals surface area contributed by atoms with Crippen molar-refractivity contribution in [3.63, 3.8) is 0 Å².